The fraction of sp³-hybridized carbons (Fsp3) is 0.643. The standard InChI is InChI=1S/C14H22N4O2/c1-6-11(13-9(4)17-19-10(13)5)15-7-12-16-14(8(2)3)18-20-12/h8,11,15H,6-7H2,1-5H3. The molecule has 2 aromatic rings. The first-order valence-corrected chi connectivity index (χ1v) is 7.01. The van der Waals surface area contributed by atoms with E-state index in [-0.39, 0.29) is 12.0 Å². The second-order valence-corrected chi connectivity index (χ2v) is 5.28. The summed E-state index contributed by atoms with van der Waals surface area (Å²) in [6.45, 7) is 10.6. The van der Waals surface area contributed by atoms with Crippen molar-refractivity contribution in [2.75, 3.05) is 0 Å². The van der Waals surface area contributed by atoms with Gasteiger partial charge in [0.25, 0.3) is 0 Å². The lowest BCUT2D eigenvalue weighted by atomic mass is 10.0. The lowest BCUT2D eigenvalue weighted by molar-refractivity contribution is 0.349. The maximum absolute atomic E-state index is 5.24. The smallest absolute Gasteiger partial charge is 0.240 e. The molecule has 0 saturated carbocycles. The molecule has 0 aromatic carbocycles. The van der Waals surface area contributed by atoms with E-state index < -0.39 is 0 Å². The predicted molar refractivity (Wildman–Crippen MR) is 74.2 cm³/mol. The third kappa shape index (κ3) is 3.07. The highest BCUT2D eigenvalue weighted by atomic mass is 16.5. The zero-order chi connectivity index (χ0) is 14.7. The molecular formula is C14H22N4O2. The van der Waals surface area contributed by atoms with Gasteiger partial charge in [-0.15, -0.1) is 0 Å². The Balaban J connectivity index is 2.04. The lowest BCUT2D eigenvalue weighted by Crippen LogP contribution is -2.21. The van der Waals surface area contributed by atoms with Gasteiger partial charge in [-0.25, -0.2) is 0 Å². The summed E-state index contributed by atoms with van der Waals surface area (Å²) in [6, 6.07) is 0.177. The minimum Gasteiger partial charge on any atom is -0.361 e. The lowest BCUT2D eigenvalue weighted by Gasteiger charge is -2.15. The van der Waals surface area contributed by atoms with Gasteiger partial charge in [-0.3, -0.25) is 0 Å². The quantitative estimate of drug-likeness (QED) is 0.875. The Bertz CT molecular complexity index is 540. The van der Waals surface area contributed by atoms with Crippen LogP contribution < -0.4 is 5.32 Å². The minimum absolute atomic E-state index is 0.177. The van der Waals surface area contributed by atoms with Gasteiger partial charge in [-0.05, 0) is 20.3 Å². The van der Waals surface area contributed by atoms with Gasteiger partial charge >= 0.3 is 0 Å². The molecule has 0 spiro atoms. The van der Waals surface area contributed by atoms with Crippen LogP contribution in [0.1, 0.15) is 67.9 Å². The van der Waals surface area contributed by atoms with Crippen LogP contribution in [0, 0.1) is 13.8 Å². The third-order valence-corrected chi connectivity index (χ3v) is 3.35. The number of nitrogens with one attached hydrogen (secondary N) is 1. The Morgan fingerprint density at radius 2 is 1.90 bits per heavy atom. The highest BCUT2D eigenvalue weighted by Crippen LogP contribution is 2.24. The SMILES string of the molecule is CCC(NCc1nc(C(C)C)no1)c1c(C)noc1C. The van der Waals surface area contributed by atoms with Crippen LogP contribution in [0.4, 0.5) is 0 Å². The first-order valence-electron chi connectivity index (χ1n) is 7.01. The van der Waals surface area contributed by atoms with Gasteiger partial charge in [0.15, 0.2) is 5.82 Å². The summed E-state index contributed by atoms with van der Waals surface area (Å²) in [5.74, 6) is 2.48. The van der Waals surface area contributed by atoms with Crippen molar-refractivity contribution in [3.63, 3.8) is 0 Å². The fourth-order valence-corrected chi connectivity index (χ4v) is 2.22. The molecule has 0 fully saturated rings. The normalized spacial score (nSPS) is 13.1. The molecule has 110 valence electrons. The summed E-state index contributed by atoms with van der Waals surface area (Å²) in [6.07, 6.45) is 0.939. The maximum Gasteiger partial charge on any atom is 0.240 e. The zero-order valence-corrected chi connectivity index (χ0v) is 12.7. The Morgan fingerprint density at radius 3 is 2.40 bits per heavy atom. The molecule has 2 rings (SSSR count). The monoisotopic (exact) mass is 278 g/mol. The van der Waals surface area contributed by atoms with Crippen molar-refractivity contribution >= 4 is 0 Å². The molecule has 0 amide bonds. The second kappa shape index (κ2) is 6.17. The highest BCUT2D eigenvalue weighted by molar-refractivity contribution is 5.24. The molecule has 1 N–H and O–H groups in total. The number of hydrogen-bond donors (Lipinski definition) is 1. The molecule has 1 atom stereocenters. The van der Waals surface area contributed by atoms with Crippen molar-refractivity contribution in [1.82, 2.24) is 20.6 Å². The van der Waals surface area contributed by atoms with E-state index in [0.717, 1.165) is 29.3 Å². The van der Waals surface area contributed by atoms with Crippen molar-refractivity contribution < 1.29 is 9.05 Å². The van der Waals surface area contributed by atoms with E-state index in [2.05, 4.69) is 27.5 Å². The Labute approximate surface area is 118 Å². The van der Waals surface area contributed by atoms with E-state index in [1.807, 2.05) is 27.7 Å². The van der Waals surface area contributed by atoms with Crippen LogP contribution in [0.5, 0.6) is 0 Å². The van der Waals surface area contributed by atoms with Crippen molar-refractivity contribution in [3.8, 4) is 0 Å². The number of rotatable bonds is 6. The van der Waals surface area contributed by atoms with Crippen LogP contribution in [0.3, 0.4) is 0 Å². The summed E-state index contributed by atoms with van der Waals surface area (Å²) < 4.78 is 10.5. The molecule has 6 heteroatoms. The molecule has 2 aromatic heterocycles. The van der Waals surface area contributed by atoms with Crippen LogP contribution in [0.2, 0.25) is 0 Å². The Morgan fingerprint density at radius 1 is 1.15 bits per heavy atom. The maximum atomic E-state index is 5.24. The minimum atomic E-state index is 0.177. The number of nitrogens with zero attached hydrogens (tertiary/aromatic N) is 3. The molecule has 0 saturated heterocycles. The van der Waals surface area contributed by atoms with Crippen molar-refractivity contribution in [3.05, 3.63) is 28.7 Å². The number of aryl methyl sites for hydroxylation is 2. The molecule has 20 heavy (non-hydrogen) atoms. The van der Waals surface area contributed by atoms with Gasteiger partial charge in [-0.1, -0.05) is 31.1 Å². The largest absolute Gasteiger partial charge is 0.361 e. The van der Waals surface area contributed by atoms with Crippen LogP contribution >= 0.6 is 0 Å². The molecule has 0 radical (unpaired) electrons. The van der Waals surface area contributed by atoms with Crippen molar-refractivity contribution in [2.24, 2.45) is 0 Å². The van der Waals surface area contributed by atoms with Crippen molar-refractivity contribution in [1.29, 1.82) is 0 Å². The van der Waals surface area contributed by atoms with Gasteiger partial charge in [0, 0.05) is 17.5 Å². The van der Waals surface area contributed by atoms with Crippen LogP contribution in [-0.4, -0.2) is 15.3 Å². The van der Waals surface area contributed by atoms with E-state index in [0.29, 0.717) is 12.4 Å². The van der Waals surface area contributed by atoms with Gasteiger partial charge in [0.05, 0.1) is 12.2 Å². The Hall–Kier alpha value is -1.69. The van der Waals surface area contributed by atoms with Gasteiger partial charge in [0.1, 0.15) is 5.76 Å². The molecule has 0 aliphatic rings. The summed E-state index contributed by atoms with van der Waals surface area (Å²) in [4.78, 5) is 4.36. The summed E-state index contributed by atoms with van der Waals surface area (Å²) >= 11 is 0. The fourth-order valence-electron chi connectivity index (χ4n) is 2.22. The van der Waals surface area contributed by atoms with Gasteiger partial charge in [0.2, 0.25) is 5.89 Å². The summed E-state index contributed by atoms with van der Waals surface area (Å²) in [7, 11) is 0. The second-order valence-electron chi connectivity index (χ2n) is 5.28. The molecule has 2 heterocycles. The summed E-state index contributed by atoms with van der Waals surface area (Å²) in [5, 5.41) is 11.4. The van der Waals surface area contributed by atoms with E-state index in [1.165, 1.54) is 0 Å². The number of hydrogen-bond acceptors (Lipinski definition) is 6. The molecule has 6 nitrogen and oxygen atoms in total. The molecule has 0 bridgehead atoms. The average molecular weight is 278 g/mol. The first kappa shape index (κ1) is 14.7. The van der Waals surface area contributed by atoms with Gasteiger partial charge < -0.3 is 14.4 Å². The van der Waals surface area contributed by atoms with Crippen LogP contribution in [-0.2, 0) is 6.54 Å². The molecule has 1 unspecified atom stereocenters. The van der Waals surface area contributed by atoms with Crippen molar-refractivity contribution in [2.45, 2.75) is 59.5 Å². The number of aromatic nitrogens is 3. The Kier molecular flexibility index (Phi) is 4.54. The first-order chi connectivity index (χ1) is 9.52. The van der Waals surface area contributed by atoms with E-state index >= 15 is 0 Å². The van der Waals surface area contributed by atoms with Crippen LogP contribution in [0.15, 0.2) is 9.05 Å². The third-order valence-electron chi connectivity index (χ3n) is 3.35. The van der Waals surface area contributed by atoms with E-state index in [1.54, 1.807) is 0 Å². The molecule has 0 aliphatic carbocycles. The average Bonchev–Trinajstić information content (AvgIpc) is 3.00. The van der Waals surface area contributed by atoms with Gasteiger partial charge in [-0.2, -0.15) is 4.98 Å². The zero-order valence-electron chi connectivity index (χ0n) is 12.7. The predicted octanol–water partition coefficient (Wildman–Crippen LogP) is 3.04. The van der Waals surface area contributed by atoms with E-state index in [4.69, 9.17) is 9.05 Å². The highest BCUT2D eigenvalue weighted by Gasteiger charge is 2.19. The van der Waals surface area contributed by atoms with E-state index in [9.17, 15) is 0 Å². The molecular weight excluding hydrogens is 256 g/mol. The summed E-state index contributed by atoms with van der Waals surface area (Å²) in [5.41, 5.74) is 2.05. The topological polar surface area (TPSA) is 77.0 Å². The molecule has 0 aliphatic heterocycles. The van der Waals surface area contributed by atoms with Crippen LogP contribution in [0.25, 0.3) is 0 Å².